The molecule has 4 nitrogen and oxygen atoms in total. The summed E-state index contributed by atoms with van der Waals surface area (Å²) in [4.78, 5) is 18.9. The lowest BCUT2D eigenvalue weighted by Crippen LogP contribution is -2.00. The van der Waals surface area contributed by atoms with Gasteiger partial charge in [0.25, 0.3) is 0 Å². The van der Waals surface area contributed by atoms with E-state index < -0.39 is 7.60 Å². The van der Waals surface area contributed by atoms with Gasteiger partial charge in [0.15, 0.2) is 0 Å². The van der Waals surface area contributed by atoms with Gasteiger partial charge in [-0.3, -0.25) is 4.57 Å². The van der Waals surface area contributed by atoms with E-state index in [1.807, 2.05) is 55.5 Å². The highest BCUT2D eigenvalue weighted by molar-refractivity contribution is 7.50. The standard InChI is InChI=1S/C18H19O4P/c1-2-11-22-18-10-9-15-14-6-4-3-5-13(14)7-8-16(15)17(18)12-23(19,20)21/h3-10H,2,11-12H2,1H3,(H2,19,20,21). The molecule has 0 spiro atoms. The van der Waals surface area contributed by atoms with Gasteiger partial charge in [-0.2, -0.15) is 0 Å². The summed E-state index contributed by atoms with van der Waals surface area (Å²) in [6.07, 6.45) is 0.521. The van der Waals surface area contributed by atoms with Gasteiger partial charge in [-0.1, -0.05) is 49.4 Å². The molecule has 0 amide bonds. The minimum Gasteiger partial charge on any atom is -0.493 e. The lowest BCUT2D eigenvalue weighted by atomic mass is 9.98. The second-order valence-electron chi connectivity index (χ2n) is 5.60. The van der Waals surface area contributed by atoms with Crippen LogP contribution in [0, 0.1) is 0 Å². The number of rotatable bonds is 5. The van der Waals surface area contributed by atoms with Crippen molar-refractivity contribution in [3.63, 3.8) is 0 Å². The number of benzene rings is 3. The van der Waals surface area contributed by atoms with Crippen LogP contribution in [0.4, 0.5) is 0 Å². The molecule has 0 bridgehead atoms. The molecule has 0 aliphatic carbocycles. The van der Waals surface area contributed by atoms with E-state index in [-0.39, 0.29) is 6.16 Å². The topological polar surface area (TPSA) is 66.8 Å². The smallest absolute Gasteiger partial charge is 0.330 e. The van der Waals surface area contributed by atoms with Crippen LogP contribution in [0.3, 0.4) is 0 Å². The molecule has 3 aromatic carbocycles. The fraction of sp³-hybridized carbons (Fsp3) is 0.222. The van der Waals surface area contributed by atoms with Crippen molar-refractivity contribution in [2.24, 2.45) is 0 Å². The summed E-state index contributed by atoms with van der Waals surface area (Å²) in [6, 6.07) is 15.7. The summed E-state index contributed by atoms with van der Waals surface area (Å²) >= 11 is 0. The highest BCUT2D eigenvalue weighted by Gasteiger charge is 2.20. The van der Waals surface area contributed by atoms with Crippen molar-refractivity contribution in [2.45, 2.75) is 19.5 Å². The van der Waals surface area contributed by atoms with Crippen LogP contribution in [-0.2, 0) is 10.7 Å². The monoisotopic (exact) mass is 330 g/mol. The Labute approximate surface area is 134 Å². The minimum absolute atomic E-state index is 0.318. The van der Waals surface area contributed by atoms with E-state index >= 15 is 0 Å². The molecule has 0 saturated carbocycles. The van der Waals surface area contributed by atoms with E-state index in [9.17, 15) is 14.4 Å². The normalized spacial score (nSPS) is 12.0. The minimum atomic E-state index is -4.19. The number of fused-ring (bicyclic) bond motifs is 3. The van der Waals surface area contributed by atoms with Crippen LogP contribution < -0.4 is 4.74 Å². The predicted molar refractivity (Wildman–Crippen MR) is 93.0 cm³/mol. The summed E-state index contributed by atoms with van der Waals surface area (Å²) in [5.41, 5.74) is 0.579. The Hall–Kier alpha value is -1.87. The first-order valence-electron chi connectivity index (χ1n) is 7.60. The summed E-state index contributed by atoms with van der Waals surface area (Å²) < 4.78 is 17.3. The lowest BCUT2D eigenvalue weighted by Gasteiger charge is -2.16. The van der Waals surface area contributed by atoms with Crippen LogP contribution in [0.5, 0.6) is 5.75 Å². The van der Waals surface area contributed by atoms with Crippen molar-refractivity contribution in [2.75, 3.05) is 6.61 Å². The molecule has 2 N–H and O–H groups in total. The van der Waals surface area contributed by atoms with E-state index in [0.717, 1.165) is 28.0 Å². The molecule has 0 atom stereocenters. The maximum Gasteiger partial charge on any atom is 0.330 e. The Morgan fingerprint density at radius 1 is 0.957 bits per heavy atom. The first-order valence-corrected chi connectivity index (χ1v) is 9.40. The Morgan fingerprint density at radius 3 is 2.43 bits per heavy atom. The van der Waals surface area contributed by atoms with Gasteiger partial charge in [0.2, 0.25) is 0 Å². The summed E-state index contributed by atoms with van der Waals surface area (Å²) in [6.45, 7) is 2.52. The van der Waals surface area contributed by atoms with E-state index in [1.54, 1.807) is 0 Å². The quantitative estimate of drug-likeness (QED) is 0.535. The second-order valence-corrected chi connectivity index (χ2v) is 7.24. The molecule has 3 rings (SSSR count). The zero-order valence-electron chi connectivity index (χ0n) is 12.9. The molecule has 0 heterocycles. The fourth-order valence-corrected chi connectivity index (χ4v) is 3.59. The first-order chi connectivity index (χ1) is 11.0. The van der Waals surface area contributed by atoms with Gasteiger partial charge in [0.1, 0.15) is 5.75 Å². The average molecular weight is 330 g/mol. The molecule has 0 radical (unpaired) electrons. The molecule has 0 aromatic heterocycles. The van der Waals surface area contributed by atoms with Crippen LogP contribution in [0.25, 0.3) is 21.5 Å². The van der Waals surface area contributed by atoms with Gasteiger partial charge in [-0.05, 0) is 34.0 Å². The third-order valence-electron chi connectivity index (χ3n) is 3.82. The maximum absolute atomic E-state index is 11.6. The van der Waals surface area contributed by atoms with Crippen molar-refractivity contribution >= 4 is 29.1 Å². The van der Waals surface area contributed by atoms with Gasteiger partial charge in [-0.25, -0.2) is 0 Å². The van der Waals surface area contributed by atoms with E-state index in [2.05, 4.69) is 0 Å². The molecule has 120 valence electrons. The molecule has 0 fully saturated rings. The Balaban J connectivity index is 2.27. The summed E-state index contributed by atoms with van der Waals surface area (Å²) in [7, 11) is -4.19. The van der Waals surface area contributed by atoms with E-state index in [4.69, 9.17) is 4.74 Å². The van der Waals surface area contributed by atoms with Crippen LogP contribution in [-0.4, -0.2) is 16.4 Å². The molecular weight excluding hydrogens is 311 g/mol. The van der Waals surface area contributed by atoms with Crippen LogP contribution >= 0.6 is 7.60 Å². The van der Waals surface area contributed by atoms with Crippen molar-refractivity contribution in [1.29, 1.82) is 0 Å². The predicted octanol–water partition coefficient (Wildman–Crippen LogP) is 4.46. The molecule has 0 saturated heterocycles. The second kappa shape index (κ2) is 6.32. The SMILES string of the molecule is CCCOc1ccc2c(ccc3ccccc32)c1CP(=O)(O)O. The summed E-state index contributed by atoms with van der Waals surface area (Å²) in [5.74, 6) is 0.554. The third-order valence-corrected chi connectivity index (χ3v) is 4.55. The molecular formula is C18H19O4P. The molecule has 5 heteroatoms. The van der Waals surface area contributed by atoms with Crippen molar-refractivity contribution in [1.82, 2.24) is 0 Å². The molecule has 0 aliphatic heterocycles. The zero-order valence-corrected chi connectivity index (χ0v) is 13.8. The van der Waals surface area contributed by atoms with Crippen molar-refractivity contribution in [3.8, 4) is 5.75 Å². The fourth-order valence-electron chi connectivity index (χ4n) is 2.85. The van der Waals surface area contributed by atoms with Gasteiger partial charge < -0.3 is 14.5 Å². The number of ether oxygens (including phenoxy) is 1. The van der Waals surface area contributed by atoms with Crippen LogP contribution in [0.1, 0.15) is 18.9 Å². The highest BCUT2D eigenvalue weighted by atomic mass is 31.2. The summed E-state index contributed by atoms with van der Waals surface area (Å²) in [5, 5.41) is 3.99. The first kappa shape index (κ1) is 16.0. The molecule has 0 aliphatic rings. The molecule has 23 heavy (non-hydrogen) atoms. The van der Waals surface area contributed by atoms with E-state index in [1.165, 1.54) is 0 Å². The van der Waals surface area contributed by atoms with Gasteiger partial charge in [-0.15, -0.1) is 0 Å². The van der Waals surface area contributed by atoms with Crippen molar-refractivity contribution < 1.29 is 19.1 Å². The Kier molecular flexibility index (Phi) is 4.40. The van der Waals surface area contributed by atoms with Gasteiger partial charge in [0, 0.05) is 5.56 Å². The zero-order chi connectivity index (χ0) is 16.4. The van der Waals surface area contributed by atoms with Crippen LogP contribution in [0.15, 0.2) is 48.5 Å². The number of hydrogen-bond donors (Lipinski definition) is 2. The largest absolute Gasteiger partial charge is 0.493 e. The van der Waals surface area contributed by atoms with Gasteiger partial charge in [0.05, 0.1) is 12.8 Å². The average Bonchev–Trinajstić information content (AvgIpc) is 2.52. The highest BCUT2D eigenvalue weighted by Crippen LogP contribution is 2.44. The Bertz CT molecular complexity index is 898. The third kappa shape index (κ3) is 3.40. The molecule has 0 unspecified atom stereocenters. The molecule has 3 aromatic rings. The number of hydrogen-bond acceptors (Lipinski definition) is 2. The van der Waals surface area contributed by atoms with E-state index in [0.29, 0.717) is 17.9 Å². The maximum atomic E-state index is 11.6. The Morgan fingerprint density at radius 2 is 1.70 bits per heavy atom. The van der Waals surface area contributed by atoms with Crippen molar-refractivity contribution in [3.05, 3.63) is 54.1 Å². The lowest BCUT2D eigenvalue weighted by molar-refractivity contribution is 0.314. The van der Waals surface area contributed by atoms with Crippen LogP contribution in [0.2, 0.25) is 0 Å². The van der Waals surface area contributed by atoms with Gasteiger partial charge >= 0.3 is 7.60 Å².